The summed E-state index contributed by atoms with van der Waals surface area (Å²) in [5.74, 6) is -8.06. The zero-order valence-corrected chi connectivity index (χ0v) is 18.8. The molecule has 34 heavy (non-hydrogen) atoms. The molecule has 7 nitrogen and oxygen atoms in total. The minimum Gasteiger partial charge on any atom is -0.480 e. The number of hydrogen-bond acceptors (Lipinski definition) is 4. The van der Waals surface area contributed by atoms with Crippen molar-refractivity contribution >= 4 is 18.0 Å². The van der Waals surface area contributed by atoms with Crippen molar-refractivity contribution in [3.8, 4) is 11.1 Å². The predicted octanol–water partition coefficient (Wildman–Crippen LogP) is 3.92. The van der Waals surface area contributed by atoms with Crippen LogP contribution in [-0.4, -0.2) is 47.2 Å². The smallest absolute Gasteiger partial charge is 0.407 e. The summed E-state index contributed by atoms with van der Waals surface area (Å²) in [5.41, 5.74) is 2.14. The van der Waals surface area contributed by atoms with E-state index in [4.69, 9.17) is 9.84 Å². The van der Waals surface area contributed by atoms with Gasteiger partial charge in [0.1, 0.15) is 18.2 Å². The number of carbonyl (C=O) groups is 3. The molecule has 0 aromatic heterocycles. The lowest BCUT2D eigenvalue weighted by Gasteiger charge is -2.30. The maximum absolute atomic E-state index is 15.0. The lowest BCUT2D eigenvalue weighted by molar-refractivity contribution is -0.157. The van der Waals surface area contributed by atoms with E-state index in [-0.39, 0.29) is 12.5 Å². The van der Waals surface area contributed by atoms with Gasteiger partial charge >= 0.3 is 18.0 Å². The third-order valence-corrected chi connectivity index (χ3v) is 6.36. The average Bonchev–Trinajstić information content (AvgIpc) is 3.58. The number of rotatable bonds is 8. The highest BCUT2D eigenvalue weighted by atomic mass is 19.3. The lowest BCUT2D eigenvalue weighted by atomic mass is 9.98. The van der Waals surface area contributed by atoms with E-state index in [9.17, 15) is 23.2 Å². The van der Waals surface area contributed by atoms with Crippen molar-refractivity contribution in [3.05, 3.63) is 59.7 Å². The Labute approximate surface area is 195 Å². The van der Waals surface area contributed by atoms with Gasteiger partial charge in [0.15, 0.2) is 0 Å². The Hall–Kier alpha value is -3.49. The molecule has 9 heteroatoms. The van der Waals surface area contributed by atoms with Gasteiger partial charge in [-0.2, -0.15) is 8.78 Å². The molecule has 4 rings (SSSR count). The van der Waals surface area contributed by atoms with E-state index in [2.05, 4.69) is 5.32 Å². The van der Waals surface area contributed by atoms with Crippen molar-refractivity contribution < 1.29 is 33.0 Å². The number of fused-ring (bicyclic) bond motifs is 3. The summed E-state index contributed by atoms with van der Waals surface area (Å²) in [5, 5.41) is 13.1. The standard InChI is InChI=1S/C25H26F2N2O5/c1-24(2,22(31)32)29-21(30)25(26,27)20(14-11-12-14)28-23(33)34-13-19-17-9-5-3-7-15(17)16-8-4-6-10-18(16)19/h3-10,14,19-20H,11-13H2,1-2H3,(H,28,33)(H,29,30)(H,31,32). The van der Waals surface area contributed by atoms with Gasteiger partial charge in [0, 0.05) is 5.92 Å². The second-order valence-corrected chi connectivity index (χ2v) is 9.29. The minimum absolute atomic E-state index is 0.0545. The molecule has 0 aliphatic heterocycles. The van der Waals surface area contributed by atoms with Crippen LogP contribution in [0.15, 0.2) is 48.5 Å². The fraction of sp³-hybridized carbons (Fsp3) is 0.400. The van der Waals surface area contributed by atoms with Crippen molar-refractivity contribution in [2.45, 2.75) is 50.1 Å². The Morgan fingerprint density at radius 1 is 1.03 bits per heavy atom. The summed E-state index contributed by atoms with van der Waals surface area (Å²) >= 11 is 0. The molecule has 2 aliphatic rings. The molecule has 1 saturated carbocycles. The number of benzene rings is 2. The second-order valence-electron chi connectivity index (χ2n) is 9.29. The largest absolute Gasteiger partial charge is 0.480 e. The van der Waals surface area contributed by atoms with Crippen molar-refractivity contribution in [2.75, 3.05) is 6.61 Å². The van der Waals surface area contributed by atoms with Crippen LogP contribution in [0, 0.1) is 5.92 Å². The van der Waals surface area contributed by atoms with E-state index in [0.29, 0.717) is 12.8 Å². The molecule has 2 aromatic carbocycles. The summed E-state index contributed by atoms with van der Waals surface area (Å²) in [6, 6.07) is 13.7. The summed E-state index contributed by atoms with van der Waals surface area (Å²) in [7, 11) is 0. The monoisotopic (exact) mass is 472 g/mol. The molecule has 180 valence electrons. The van der Waals surface area contributed by atoms with Gasteiger partial charge in [-0.05, 0) is 54.9 Å². The van der Waals surface area contributed by atoms with Crippen molar-refractivity contribution in [2.24, 2.45) is 5.92 Å². The Kier molecular flexibility index (Phi) is 6.05. The highest BCUT2D eigenvalue weighted by Gasteiger charge is 2.55. The fourth-order valence-corrected chi connectivity index (χ4v) is 4.26. The van der Waals surface area contributed by atoms with Gasteiger partial charge in [-0.1, -0.05) is 48.5 Å². The molecule has 1 unspecified atom stereocenters. The van der Waals surface area contributed by atoms with Crippen molar-refractivity contribution in [3.63, 3.8) is 0 Å². The third-order valence-electron chi connectivity index (χ3n) is 6.36. The molecule has 2 aliphatic carbocycles. The highest BCUT2D eigenvalue weighted by molar-refractivity contribution is 5.91. The van der Waals surface area contributed by atoms with E-state index in [1.807, 2.05) is 53.8 Å². The van der Waals surface area contributed by atoms with Crippen LogP contribution in [0.1, 0.15) is 43.7 Å². The van der Waals surface area contributed by atoms with Crippen LogP contribution in [0.5, 0.6) is 0 Å². The first-order chi connectivity index (χ1) is 16.0. The topological polar surface area (TPSA) is 105 Å². The van der Waals surface area contributed by atoms with Gasteiger partial charge in [-0.25, -0.2) is 9.59 Å². The minimum atomic E-state index is -4.01. The zero-order chi connectivity index (χ0) is 24.7. The number of halogens is 2. The maximum atomic E-state index is 15.0. The van der Waals surface area contributed by atoms with E-state index < -0.39 is 41.4 Å². The Bertz CT molecular complexity index is 1080. The molecule has 1 atom stereocenters. The van der Waals surface area contributed by atoms with Crippen LogP contribution in [0.3, 0.4) is 0 Å². The first-order valence-electron chi connectivity index (χ1n) is 11.1. The van der Waals surface area contributed by atoms with Crippen LogP contribution in [0.2, 0.25) is 0 Å². The molecule has 0 bridgehead atoms. The lowest BCUT2D eigenvalue weighted by Crippen LogP contribution is -2.61. The molecule has 3 N–H and O–H groups in total. The number of alkyl carbamates (subject to hydrolysis) is 1. The summed E-state index contributed by atoms with van der Waals surface area (Å²) in [4.78, 5) is 36.0. The van der Waals surface area contributed by atoms with Gasteiger partial charge in [0.25, 0.3) is 5.91 Å². The molecule has 0 radical (unpaired) electrons. The molecule has 0 spiro atoms. The third kappa shape index (κ3) is 4.47. The molecule has 2 amide bonds. The number of aliphatic carboxylic acids is 1. The number of carbonyl (C=O) groups excluding carboxylic acids is 2. The van der Waals surface area contributed by atoms with E-state index >= 15 is 0 Å². The maximum Gasteiger partial charge on any atom is 0.407 e. The molecule has 0 heterocycles. The number of ether oxygens (including phenoxy) is 1. The summed E-state index contributed by atoms with van der Waals surface area (Å²) in [6.45, 7) is 2.16. The number of alkyl halides is 2. The Balaban J connectivity index is 1.44. The number of amides is 2. The van der Waals surface area contributed by atoms with Crippen LogP contribution in [0.4, 0.5) is 13.6 Å². The number of carboxylic acids is 1. The van der Waals surface area contributed by atoms with Gasteiger partial charge in [0.05, 0.1) is 0 Å². The van der Waals surface area contributed by atoms with Crippen LogP contribution in [0.25, 0.3) is 11.1 Å². The van der Waals surface area contributed by atoms with E-state index in [1.54, 1.807) is 0 Å². The average molecular weight is 472 g/mol. The molecular weight excluding hydrogens is 446 g/mol. The molecule has 1 fully saturated rings. The van der Waals surface area contributed by atoms with E-state index in [1.165, 1.54) is 0 Å². The molecule has 0 saturated heterocycles. The number of hydrogen-bond donors (Lipinski definition) is 3. The molecular formula is C25H26F2N2O5. The van der Waals surface area contributed by atoms with E-state index in [0.717, 1.165) is 36.1 Å². The van der Waals surface area contributed by atoms with Gasteiger partial charge in [-0.15, -0.1) is 0 Å². The van der Waals surface area contributed by atoms with Gasteiger partial charge < -0.3 is 20.5 Å². The summed E-state index contributed by atoms with van der Waals surface area (Å²) in [6.07, 6.45) is -0.220. The fourth-order valence-electron chi connectivity index (χ4n) is 4.26. The normalized spacial score (nSPS) is 16.2. The SMILES string of the molecule is CC(C)(NC(=O)C(F)(F)C(NC(=O)OCC1c2ccccc2-c2ccccc21)C1CC1)C(=O)O. The quantitative estimate of drug-likeness (QED) is 0.540. The zero-order valence-electron chi connectivity index (χ0n) is 18.8. The Morgan fingerprint density at radius 2 is 1.56 bits per heavy atom. The van der Waals surface area contributed by atoms with Gasteiger partial charge in [0.2, 0.25) is 0 Å². The predicted molar refractivity (Wildman–Crippen MR) is 120 cm³/mol. The van der Waals surface area contributed by atoms with Crippen LogP contribution in [-0.2, 0) is 14.3 Å². The summed E-state index contributed by atoms with van der Waals surface area (Å²) < 4.78 is 35.3. The number of nitrogens with one attached hydrogen (secondary N) is 2. The van der Waals surface area contributed by atoms with Crippen molar-refractivity contribution in [1.29, 1.82) is 0 Å². The van der Waals surface area contributed by atoms with Gasteiger partial charge in [-0.3, -0.25) is 4.79 Å². The van der Waals surface area contributed by atoms with Crippen molar-refractivity contribution in [1.82, 2.24) is 10.6 Å². The molecule has 2 aromatic rings. The second kappa shape index (κ2) is 8.70. The first-order valence-corrected chi connectivity index (χ1v) is 11.1. The number of carboxylic acid groups (broad SMARTS) is 1. The van der Waals surface area contributed by atoms with Crippen LogP contribution < -0.4 is 10.6 Å². The first kappa shape index (κ1) is 23.7. The Morgan fingerprint density at radius 3 is 2.06 bits per heavy atom. The highest BCUT2D eigenvalue weighted by Crippen LogP contribution is 2.44. The van der Waals surface area contributed by atoms with Crippen LogP contribution >= 0.6 is 0 Å².